The third-order valence-corrected chi connectivity index (χ3v) is 10.5. The van der Waals surface area contributed by atoms with Gasteiger partial charge in [-0.2, -0.15) is 0 Å². The summed E-state index contributed by atoms with van der Waals surface area (Å²) in [6, 6.07) is 55.8. The van der Waals surface area contributed by atoms with Crippen LogP contribution in [0.1, 0.15) is 22.3 Å². The van der Waals surface area contributed by atoms with Crippen LogP contribution in [0.15, 0.2) is 152 Å². The second-order valence-corrected chi connectivity index (χ2v) is 12.6. The van der Waals surface area contributed by atoms with E-state index in [2.05, 4.69) is 166 Å². The largest absolute Gasteiger partial charge is 0.354 e. The summed E-state index contributed by atoms with van der Waals surface area (Å²) in [6.07, 6.45) is 0. The van der Waals surface area contributed by atoms with Crippen molar-refractivity contribution >= 4 is 65.4 Å². The van der Waals surface area contributed by atoms with E-state index in [-0.39, 0.29) is 0 Å². The first-order valence-corrected chi connectivity index (χ1v) is 16.0. The van der Waals surface area contributed by atoms with Gasteiger partial charge in [-0.05, 0) is 52.6 Å². The van der Waals surface area contributed by atoms with Crippen molar-refractivity contribution in [3.63, 3.8) is 0 Å². The van der Waals surface area contributed by atoms with Crippen molar-refractivity contribution in [1.29, 1.82) is 0 Å². The van der Waals surface area contributed by atoms with E-state index in [1.54, 1.807) is 0 Å². The minimum Gasteiger partial charge on any atom is -0.354 e. The van der Waals surface area contributed by atoms with Crippen molar-refractivity contribution in [2.75, 3.05) is 0 Å². The van der Waals surface area contributed by atoms with Crippen LogP contribution >= 0.6 is 0 Å². The minimum atomic E-state index is -0.534. The summed E-state index contributed by atoms with van der Waals surface area (Å²) in [5.74, 6) is 0. The Kier molecular flexibility index (Phi) is 4.52. The summed E-state index contributed by atoms with van der Waals surface area (Å²) >= 11 is 0. The van der Waals surface area contributed by atoms with Gasteiger partial charge >= 0.3 is 0 Å². The van der Waals surface area contributed by atoms with Crippen LogP contribution in [0.4, 0.5) is 0 Å². The van der Waals surface area contributed by atoms with Gasteiger partial charge in [0, 0.05) is 43.4 Å². The third kappa shape index (κ3) is 2.80. The molecule has 11 rings (SSSR count). The fourth-order valence-corrected chi connectivity index (χ4v) is 8.75. The molecule has 0 fully saturated rings. The molecule has 0 saturated carbocycles. The maximum atomic E-state index is 3.90. The van der Waals surface area contributed by atoms with Crippen LogP contribution in [0.25, 0.3) is 71.1 Å². The predicted octanol–water partition coefficient (Wildman–Crippen LogP) is 10.7. The van der Waals surface area contributed by atoms with E-state index in [1.165, 1.54) is 82.3 Å². The van der Waals surface area contributed by atoms with Gasteiger partial charge in [0.2, 0.25) is 0 Å². The fourth-order valence-electron chi connectivity index (χ4n) is 8.75. The summed E-state index contributed by atoms with van der Waals surface area (Å²) in [4.78, 5) is 7.77. The smallest absolute Gasteiger partial charge is 0.0742 e. The molecule has 0 unspecified atom stereocenters. The molecule has 2 N–H and O–H groups in total. The number of rotatable bonds is 2. The molecule has 3 aromatic heterocycles. The number of hydrogen-bond donors (Lipinski definition) is 2. The number of para-hydroxylation sites is 3. The molecule has 0 atom stereocenters. The van der Waals surface area contributed by atoms with Gasteiger partial charge in [-0.15, -0.1) is 0 Å². The SMILES string of the molecule is c1ccc(C2(c3ccccc3)c3ccccc3-n3c4ccc5c6ccccc6[nH]c5c4c4c5[nH]c6ccccc6c5cc2c43)cc1. The molecule has 7 aromatic carbocycles. The first kappa shape index (κ1) is 24.3. The highest BCUT2D eigenvalue weighted by Gasteiger charge is 2.46. The van der Waals surface area contributed by atoms with Gasteiger partial charge in [0.25, 0.3) is 0 Å². The number of nitrogens with zero attached hydrogens (tertiary/aromatic N) is 1. The Morgan fingerprint density at radius 2 is 1.00 bits per heavy atom. The first-order chi connectivity index (χ1) is 22.8. The minimum absolute atomic E-state index is 0.534. The molecule has 214 valence electrons. The van der Waals surface area contributed by atoms with Gasteiger partial charge in [-0.1, -0.05) is 121 Å². The van der Waals surface area contributed by atoms with Crippen molar-refractivity contribution in [3.8, 4) is 5.69 Å². The Morgan fingerprint density at radius 1 is 0.435 bits per heavy atom. The van der Waals surface area contributed by atoms with E-state index < -0.39 is 5.41 Å². The standard InChI is InChI=1S/C43H27N3/c1-3-13-26(14-4-1)43(27-15-5-2-6-16-27)32-19-9-12-22-36(32)46-37-24-23-30-28-17-7-10-20-34(28)44-40(30)38(37)39-41-31(25-33(43)42(39)46)29-18-8-11-21-35(29)45-41/h1-25,44-45H. The Bertz CT molecular complexity index is 2810. The summed E-state index contributed by atoms with van der Waals surface area (Å²) in [7, 11) is 0. The molecule has 1 aliphatic heterocycles. The van der Waals surface area contributed by atoms with Crippen LogP contribution in [-0.2, 0) is 5.41 Å². The Morgan fingerprint density at radius 3 is 1.70 bits per heavy atom. The zero-order valence-electron chi connectivity index (χ0n) is 24.9. The predicted molar refractivity (Wildman–Crippen MR) is 191 cm³/mol. The molecule has 0 aliphatic carbocycles. The third-order valence-electron chi connectivity index (χ3n) is 10.5. The second kappa shape index (κ2) is 8.56. The van der Waals surface area contributed by atoms with Gasteiger partial charge < -0.3 is 14.5 Å². The lowest BCUT2D eigenvalue weighted by molar-refractivity contribution is 0.729. The Labute approximate surface area is 264 Å². The maximum Gasteiger partial charge on any atom is 0.0742 e. The summed E-state index contributed by atoms with van der Waals surface area (Å²) < 4.78 is 2.54. The lowest BCUT2D eigenvalue weighted by atomic mass is 9.63. The van der Waals surface area contributed by atoms with Gasteiger partial charge in [0.1, 0.15) is 0 Å². The number of aromatic nitrogens is 3. The summed E-state index contributed by atoms with van der Waals surface area (Å²) in [5, 5.41) is 7.52. The molecular weight excluding hydrogens is 558 g/mol. The van der Waals surface area contributed by atoms with E-state index in [9.17, 15) is 0 Å². The van der Waals surface area contributed by atoms with Crippen LogP contribution in [0.3, 0.4) is 0 Å². The molecule has 10 aromatic rings. The van der Waals surface area contributed by atoms with Crippen LogP contribution in [-0.4, -0.2) is 14.5 Å². The molecule has 4 heterocycles. The van der Waals surface area contributed by atoms with Crippen LogP contribution < -0.4 is 0 Å². The second-order valence-electron chi connectivity index (χ2n) is 12.6. The molecule has 0 amide bonds. The number of fused-ring (bicyclic) bond motifs is 13. The molecular formula is C43H27N3. The van der Waals surface area contributed by atoms with Gasteiger partial charge in [-0.3, -0.25) is 0 Å². The van der Waals surface area contributed by atoms with E-state index in [4.69, 9.17) is 0 Å². The molecule has 0 bridgehead atoms. The number of benzene rings is 7. The zero-order chi connectivity index (χ0) is 30.0. The Balaban J connectivity index is 1.49. The number of H-pyrrole nitrogens is 2. The van der Waals surface area contributed by atoms with Crippen LogP contribution in [0.2, 0.25) is 0 Å². The first-order valence-electron chi connectivity index (χ1n) is 16.0. The van der Waals surface area contributed by atoms with Crippen LogP contribution in [0, 0.1) is 0 Å². The highest BCUT2D eigenvalue weighted by atomic mass is 15.0. The van der Waals surface area contributed by atoms with Crippen LogP contribution in [0.5, 0.6) is 0 Å². The molecule has 3 nitrogen and oxygen atoms in total. The van der Waals surface area contributed by atoms with Gasteiger partial charge in [0.15, 0.2) is 0 Å². The van der Waals surface area contributed by atoms with E-state index in [1.807, 2.05) is 0 Å². The highest BCUT2D eigenvalue weighted by Crippen LogP contribution is 2.56. The number of nitrogens with one attached hydrogen (secondary N) is 2. The van der Waals surface area contributed by atoms with E-state index in [0.29, 0.717) is 0 Å². The lowest BCUT2D eigenvalue weighted by Gasteiger charge is -2.41. The average Bonchev–Trinajstić information content (AvgIpc) is 3.80. The van der Waals surface area contributed by atoms with E-state index >= 15 is 0 Å². The average molecular weight is 586 g/mol. The van der Waals surface area contributed by atoms with Gasteiger partial charge in [0.05, 0.1) is 33.2 Å². The molecule has 0 spiro atoms. The zero-order valence-corrected chi connectivity index (χ0v) is 24.9. The topological polar surface area (TPSA) is 36.5 Å². The monoisotopic (exact) mass is 585 g/mol. The summed E-state index contributed by atoms with van der Waals surface area (Å²) in [6.45, 7) is 0. The molecule has 3 heteroatoms. The van der Waals surface area contributed by atoms with Crippen molar-refractivity contribution in [1.82, 2.24) is 14.5 Å². The highest BCUT2D eigenvalue weighted by molar-refractivity contribution is 6.33. The lowest BCUT2D eigenvalue weighted by Crippen LogP contribution is -2.35. The van der Waals surface area contributed by atoms with Crippen molar-refractivity contribution in [2.24, 2.45) is 0 Å². The van der Waals surface area contributed by atoms with Crippen molar-refractivity contribution in [3.05, 3.63) is 174 Å². The quantitative estimate of drug-likeness (QED) is 0.203. The van der Waals surface area contributed by atoms with E-state index in [0.717, 1.165) is 11.0 Å². The molecule has 0 radical (unpaired) electrons. The number of aromatic amines is 2. The molecule has 1 aliphatic rings. The molecule has 0 saturated heterocycles. The fraction of sp³-hybridized carbons (Fsp3) is 0.0233. The van der Waals surface area contributed by atoms with Gasteiger partial charge in [-0.25, -0.2) is 0 Å². The summed E-state index contributed by atoms with van der Waals surface area (Å²) in [5.41, 5.74) is 13.0. The normalized spacial score (nSPS) is 13.8. The number of hydrogen-bond acceptors (Lipinski definition) is 0. The Hall–Kier alpha value is -6.06. The molecule has 46 heavy (non-hydrogen) atoms. The maximum absolute atomic E-state index is 3.90. The van der Waals surface area contributed by atoms with Crippen molar-refractivity contribution in [2.45, 2.75) is 5.41 Å². The van der Waals surface area contributed by atoms with Crippen molar-refractivity contribution < 1.29 is 0 Å².